The Balaban J connectivity index is 1.86. The van der Waals surface area contributed by atoms with Crippen molar-refractivity contribution >= 4 is 17.5 Å². The largest absolute Gasteiger partial charge is 0.478 e. The van der Waals surface area contributed by atoms with Gasteiger partial charge in [-0.3, -0.25) is 0 Å². The van der Waals surface area contributed by atoms with Gasteiger partial charge in [-0.2, -0.15) is 0 Å². The number of nitrogens with zero attached hydrogens (tertiary/aromatic N) is 2. The zero-order chi connectivity index (χ0) is 21.0. The molecule has 1 N–H and O–H groups in total. The van der Waals surface area contributed by atoms with E-state index in [0.717, 1.165) is 25.2 Å². The van der Waals surface area contributed by atoms with Crippen molar-refractivity contribution in [1.29, 1.82) is 0 Å². The molecule has 2 aromatic rings. The topological polar surface area (TPSA) is 53.4 Å². The summed E-state index contributed by atoms with van der Waals surface area (Å²) in [5.41, 5.74) is 5.99. The number of pyridine rings is 1. The van der Waals surface area contributed by atoms with Crippen LogP contribution in [0.1, 0.15) is 80.9 Å². The normalized spacial score (nSPS) is 17.8. The molecule has 1 saturated carbocycles. The molecule has 0 atom stereocenters. The van der Waals surface area contributed by atoms with Gasteiger partial charge < -0.3 is 10.0 Å². The van der Waals surface area contributed by atoms with Gasteiger partial charge in [0.15, 0.2) is 0 Å². The van der Waals surface area contributed by atoms with Crippen LogP contribution in [0.3, 0.4) is 0 Å². The van der Waals surface area contributed by atoms with Gasteiger partial charge in [0.25, 0.3) is 0 Å². The molecule has 0 bridgehead atoms. The number of rotatable bonds is 5. The summed E-state index contributed by atoms with van der Waals surface area (Å²) < 4.78 is 0. The van der Waals surface area contributed by atoms with Gasteiger partial charge in [0.05, 0.1) is 5.56 Å². The van der Waals surface area contributed by atoms with E-state index in [1.165, 1.54) is 41.4 Å². The lowest BCUT2D eigenvalue weighted by molar-refractivity contribution is 0.0696. The Hall–Kier alpha value is -2.36. The molecule has 2 aliphatic carbocycles. The van der Waals surface area contributed by atoms with Crippen molar-refractivity contribution in [3.63, 3.8) is 0 Å². The van der Waals surface area contributed by atoms with E-state index < -0.39 is 5.97 Å². The zero-order valence-electron chi connectivity index (χ0n) is 18.2. The number of anilines is 2. The van der Waals surface area contributed by atoms with Crippen LogP contribution >= 0.6 is 0 Å². The highest BCUT2D eigenvalue weighted by molar-refractivity contribution is 5.87. The van der Waals surface area contributed by atoms with Crippen LogP contribution in [-0.4, -0.2) is 22.6 Å². The molecule has 2 aliphatic rings. The molecular weight excluding hydrogens is 360 g/mol. The molecule has 1 aromatic heterocycles. The number of aromatic carboxylic acids is 1. The van der Waals surface area contributed by atoms with Gasteiger partial charge in [0, 0.05) is 18.4 Å². The first kappa shape index (κ1) is 19.9. The predicted molar refractivity (Wildman–Crippen MR) is 117 cm³/mol. The minimum absolute atomic E-state index is 0.0638. The highest BCUT2D eigenvalue weighted by atomic mass is 16.4. The molecule has 4 rings (SSSR count). The van der Waals surface area contributed by atoms with Crippen LogP contribution < -0.4 is 4.90 Å². The maximum absolute atomic E-state index is 11.3. The van der Waals surface area contributed by atoms with Crippen LogP contribution in [0.15, 0.2) is 30.5 Å². The summed E-state index contributed by atoms with van der Waals surface area (Å²) in [5, 5.41) is 9.24. The summed E-state index contributed by atoms with van der Waals surface area (Å²) in [5.74, 6) is 0.606. The van der Waals surface area contributed by atoms with Crippen molar-refractivity contribution in [3.05, 3.63) is 52.7 Å². The number of aromatic nitrogens is 1. The molecule has 0 aliphatic heterocycles. The summed E-state index contributed by atoms with van der Waals surface area (Å²) in [6, 6.07) is 8.31. The summed E-state index contributed by atoms with van der Waals surface area (Å²) in [4.78, 5) is 18.2. The fourth-order valence-corrected chi connectivity index (χ4v) is 4.32. The molecule has 0 radical (unpaired) electrons. The minimum atomic E-state index is -0.935. The van der Waals surface area contributed by atoms with E-state index in [2.05, 4.69) is 56.6 Å². The molecule has 29 heavy (non-hydrogen) atoms. The molecule has 1 fully saturated rings. The molecule has 4 nitrogen and oxygen atoms in total. The number of carboxylic acid groups (broad SMARTS) is 1. The van der Waals surface area contributed by atoms with Crippen molar-refractivity contribution < 1.29 is 9.90 Å². The van der Waals surface area contributed by atoms with Gasteiger partial charge in [-0.1, -0.05) is 40.7 Å². The Kier molecular flexibility index (Phi) is 4.71. The molecule has 0 spiro atoms. The monoisotopic (exact) mass is 392 g/mol. The molecule has 1 aromatic carbocycles. The van der Waals surface area contributed by atoms with Crippen LogP contribution in [0.4, 0.5) is 11.5 Å². The number of fused-ring (bicyclic) bond motifs is 1. The fraction of sp³-hybridized carbons (Fsp3) is 0.520. The summed E-state index contributed by atoms with van der Waals surface area (Å²) in [6.45, 7) is 12.4. The average Bonchev–Trinajstić information content (AvgIpc) is 3.42. The first-order chi connectivity index (χ1) is 13.6. The Labute approximate surface area is 174 Å². The van der Waals surface area contributed by atoms with Crippen LogP contribution in [-0.2, 0) is 17.3 Å². The SMILES string of the molecule is CC(C)(C)c1cc(N(CC2CC2)c2ccc(C(=O)O)cn2)c2c(c1)C(C)(C)CC2. The van der Waals surface area contributed by atoms with Crippen LogP contribution in [0, 0.1) is 5.92 Å². The molecule has 0 amide bonds. The second-order valence-corrected chi connectivity index (χ2v) is 10.4. The highest BCUT2D eigenvalue weighted by Gasteiger charge is 2.36. The van der Waals surface area contributed by atoms with Gasteiger partial charge in [0.1, 0.15) is 5.82 Å². The van der Waals surface area contributed by atoms with Crippen molar-refractivity contribution in [2.45, 2.75) is 71.1 Å². The average molecular weight is 393 g/mol. The van der Waals surface area contributed by atoms with E-state index in [4.69, 9.17) is 0 Å². The first-order valence-electron chi connectivity index (χ1n) is 10.7. The van der Waals surface area contributed by atoms with E-state index >= 15 is 0 Å². The van der Waals surface area contributed by atoms with Crippen molar-refractivity contribution in [2.75, 3.05) is 11.4 Å². The van der Waals surface area contributed by atoms with E-state index in [1.807, 2.05) is 6.07 Å². The van der Waals surface area contributed by atoms with E-state index in [1.54, 1.807) is 6.07 Å². The summed E-state index contributed by atoms with van der Waals surface area (Å²) in [6.07, 6.45) is 6.24. The smallest absolute Gasteiger partial charge is 0.337 e. The Morgan fingerprint density at radius 1 is 1.24 bits per heavy atom. The second kappa shape index (κ2) is 6.86. The lowest BCUT2D eigenvalue weighted by atomic mass is 9.80. The standard InChI is InChI=1S/C25H32N2O2/c1-24(2,3)18-12-20-19(10-11-25(20,4)5)21(13-18)27(15-16-6-7-16)22-9-8-17(14-26-22)23(28)29/h8-9,12-14,16H,6-7,10-11,15H2,1-5H3,(H,28,29). The maximum Gasteiger partial charge on any atom is 0.337 e. The molecule has 1 heterocycles. The van der Waals surface area contributed by atoms with Gasteiger partial charge in [0.2, 0.25) is 0 Å². The van der Waals surface area contributed by atoms with Crippen LogP contribution in [0.2, 0.25) is 0 Å². The van der Waals surface area contributed by atoms with Crippen molar-refractivity contribution in [3.8, 4) is 0 Å². The summed E-state index contributed by atoms with van der Waals surface area (Å²) >= 11 is 0. The van der Waals surface area contributed by atoms with Gasteiger partial charge in [-0.05, 0) is 77.3 Å². The minimum Gasteiger partial charge on any atom is -0.478 e. The number of hydrogen-bond acceptors (Lipinski definition) is 3. The number of carbonyl (C=O) groups is 1. The maximum atomic E-state index is 11.3. The van der Waals surface area contributed by atoms with Crippen molar-refractivity contribution in [2.24, 2.45) is 5.92 Å². The quantitative estimate of drug-likeness (QED) is 0.693. The van der Waals surface area contributed by atoms with E-state index in [0.29, 0.717) is 5.92 Å². The molecule has 0 saturated heterocycles. The van der Waals surface area contributed by atoms with Crippen LogP contribution in [0.5, 0.6) is 0 Å². The molecule has 0 unspecified atom stereocenters. The van der Waals surface area contributed by atoms with E-state index in [-0.39, 0.29) is 16.4 Å². The second-order valence-electron chi connectivity index (χ2n) is 10.4. The zero-order valence-corrected chi connectivity index (χ0v) is 18.2. The Morgan fingerprint density at radius 3 is 2.52 bits per heavy atom. The number of benzene rings is 1. The van der Waals surface area contributed by atoms with Gasteiger partial charge in [-0.15, -0.1) is 0 Å². The first-order valence-corrected chi connectivity index (χ1v) is 10.7. The third-order valence-corrected chi connectivity index (χ3v) is 6.52. The van der Waals surface area contributed by atoms with Crippen LogP contribution in [0.25, 0.3) is 0 Å². The lowest BCUT2D eigenvalue weighted by Gasteiger charge is -2.31. The van der Waals surface area contributed by atoms with E-state index in [9.17, 15) is 9.90 Å². The van der Waals surface area contributed by atoms with Crippen molar-refractivity contribution in [1.82, 2.24) is 4.98 Å². The van der Waals surface area contributed by atoms with Gasteiger partial charge in [-0.25, -0.2) is 9.78 Å². The number of carboxylic acids is 1. The fourth-order valence-electron chi connectivity index (χ4n) is 4.32. The Morgan fingerprint density at radius 2 is 1.97 bits per heavy atom. The lowest BCUT2D eigenvalue weighted by Crippen LogP contribution is -2.24. The predicted octanol–water partition coefficient (Wildman–Crippen LogP) is 5.85. The molecule has 154 valence electrons. The highest BCUT2D eigenvalue weighted by Crippen LogP contribution is 2.47. The van der Waals surface area contributed by atoms with Gasteiger partial charge >= 0.3 is 5.97 Å². The number of hydrogen-bond donors (Lipinski definition) is 1. The summed E-state index contributed by atoms with van der Waals surface area (Å²) in [7, 11) is 0. The molecular formula is C25H32N2O2. The molecule has 4 heteroatoms. The third kappa shape index (κ3) is 3.90. The Bertz CT molecular complexity index is 935. The third-order valence-electron chi connectivity index (χ3n) is 6.52.